The number of rotatable bonds is 24. The maximum Gasteiger partial charge on any atom is 0.416 e. The van der Waals surface area contributed by atoms with Crippen LogP contribution in [0.25, 0.3) is 22.1 Å². The van der Waals surface area contributed by atoms with Crippen LogP contribution in [0, 0.1) is 6.92 Å². The number of hydrogen-bond acceptors (Lipinski definition) is 21. The fourth-order valence-electron chi connectivity index (χ4n) is 12.1. The van der Waals surface area contributed by atoms with Gasteiger partial charge in [-0.3, -0.25) is 29.2 Å². The number of H-pyrrole nitrogens is 2. The first-order chi connectivity index (χ1) is 60.0. The van der Waals surface area contributed by atoms with Crippen LogP contribution in [0.3, 0.4) is 0 Å². The monoisotopic (exact) mass is 1810 g/mol. The molecule has 0 spiro atoms. The number of aliphatic hydroxyl groups is 1. The van der Waals surface area contributed by atoms with Crippen LogP contribution >= 0.6 is 15.9 Å². The molecule has 126 heavy (non-hydrogen) atoms. The lowest BCUT2D eigenvalue weighted by Crippen LogP contribution is -2.38. The standard InChI is InChI=1S/C32H39N5O5.C19H19F3N2O3.C14H11F3N2O.C13H10BrF3N2.C13H17N3O2/c1-22-5-7-23(8-6-22)21-37(31(39)42-32(2,3)4)28-10-9-24(18-33-28)29(38)27-20-35-30-26(27)17-25(19-34-30)41-16-13-36-11-14-40-15-12-36;1-18(2,3)27-17(26)24(16-9-6-14(12-25)10-23-16)11-13-4-7-15(8-5-13)19(20,21)22;15-14(16,17)12-4-1-10(2-5-12)7-18-13-6-3-11(9-20)8-19-13;14-11-5-6-12(19-8-11)18-7-9-1-3-10(4-2-9)13(15,16)17;1-2-14-13-11(1)9-12(10-15-13)18-8-5-16-3-6-17-7-4-16/h5-10,17-20,29,38H,11-16,21H2,1-4H3,(H,34,35);4-10,12H,11H2,1-3H3;1-6,8-9H,7H2,(H,18,19);1-6,8H,7H2,(H,18,19);1-2,9-10H,3-8H2,(H,14,15). The zero-order valence-corrected chi connectivity index (χ0v) is 71.6. The van der Waals surface area contributed by atoms with Gasteiger partial charge in [0, 0.05) is 127 Å². The van der Waals surface area contributed by atoms with E-state index < -0.39 is 64.7 Å². The van der Waals surface area contributed by atoms with Gasteiger partial charge in [0.05, 0.1) is 68.6 Å². The van der Waals surface area contributed by atoms with Crippen molar-refractivity contribution in [2.24, 2.45) is 0 Å². The van der Waals surface area contributed by atoms with E-state index in [1.807, 2.05) is 82.4 Å². The first kappa shape index (κ1) is 95.8. The molecule has 1 atom stereocenters. The van der Waals surface area contributed by atoms with Crippen LogP contribution in [0.4, 0.5) is 72.4 Å². The number of halogens is 10. The molecule has 2 amide bonds. The lowest BCUT2D eigenvalue weighted by atomic mass is 10.0. The van der Waals surface area contributed by atoms with Crippen molar-refractivity contribution in [3.63, 3.8) is 0 Å². The Morgan fingerprint density at radius 2 is 0.937 bits per heavy atom. The summed E-state index contributed by atoms with van der Waals surface area (Å²) in [6.07, 6.45) is -0.871. The Labute approximate surface area is 730 Å². The number of ether oxygens (including phenoxy) is 6. The molecule has 0 aliphatic carbocycles. The second kappa shape index (κ2) is 45.0. The summed E-state index contributed by atoms with van der Waals surface area (Å²) < 4.78 is 147. The van der Waals surface area contributed by atoms with Gasteiger partial charge in [-0.05, 0) is 184 Å². The number of pyridine rings is 6. The van der Waals surface area contributed by atoms with Crippen molar-refractivity contribution in [1.29, 1.82) is 0 Å². The van der Waals surface area contributed by atoms with E-state index in [0.29, 0.717) is 108 Å². The van der Waals surface area contributed by atoms with Crippen LogP contribution in [0.5, 0.6) is 11.5 Å². The summed E-state index contributed by atoms with van der Waals surface area (Å²) in [5.74, 6) is 3.34. The van der Waals surface area contributed by atoms with E-state index in [4.69, 9.17) is 28.4 Å². The summed E-state index contributed by atoms with van der Waals surface area (Å²) in [6, 6.07) is 41.6. The molecule has 2 fully saturated rings. The number of aromatic nitrogens is 8. The molecule has 25 nitrogen and oxygen atoms in total. The second-order valence-electron chi connectivity index (χ2n) is 30.8. The summed E-state index contributed by atoms with van der Waals surface area (Å²) in [5, 5.41) is 19.2. The summed E-state index contributed by atoms with van der Waals surface area (Å²) in [4.78, 5) is 86.0. The largest absolute Gasteiger partial charge is 0.491 e. The maximum atomic E-state index is 13.2. The van der Waals surface area contributed by atoms with Gasteiger partial charge in [-0.15, -0.1) is 0 Å². The third-order valence-corrected chi connectivity index (χ3v) is 19.3. The van der Waals surface area contributed by atoms with Gasteiger partial charge >= 0.3 is 30.7 Å². The number of hydrogen-bond donors (Lipinski definition) is 5. The van der Waals surface area contributed by atoms with Crippen molar-refractivity contribution in [3.05, 3.63) is 285 Å². The van der Waals surface area contributed by atoms with Gasteiger partial charge in [-0.25, -0.2) is 39.5 Å². The van der Waals surface area contributed by atoms with E-state index in [1.54, 1.807) is 82.1 Å². The molecule has 2 aliphatic heterocycles. The van der Waals surface area contributed by atoms with E-state index in [9.17, 15) is 63.8 Å². The average Bonchev–Trinajstić information content (AvgIpc) is 1.62. The highest BCUT2D eigenvalue weighted by molar-refractivity contribution is 9.10. The number of amides is 2. The fourth-order valence-corrected chi connectivity index (χ4v) is 12.3. The molecular formula is C91H96BrF9N14O11. The third kappa shape index (κ3) is 30.8. The van der Waals surface area contributed by atoms with Crippen molar-refractivity contribution in [3.8, 4) is 11.5 Å². The van der Waals surface area contributed by atoms with Gasteiger partial charge in [0.25, 0.3) is 0 Å². The van der Waals surface area contributed by atoms with Gasteiger partial charge in [-0.1, -0.05) is 72.3 Å². The number of morpholine rings is 2. The average molecular weight is 1810 g/mol. The summed E-state index contributed by atoms with van der Waals surface area (Å²) >= 11 is 3.27. The zero-order chi connectivity index (χ0) is 90.6. The predicted octanol–water partition coefficient (Wildman–Crippen LogP) is 19.1. The van der Waals surface area contributed by atoms with Gasteiger partial charge in [0.15, 0.2) is 12.6 Å². The topological polar surface area (TPSA) is 290 Å². The molecule has 2 saturated heterocycles. The zero-order valence-electron chi connectivity index (χ0n) is 70.0. The van der Waals surface area contributed by atoms with Crippen LogP contribution in [0.2, 0.25) is 0 Å². The number of fused-ring (bicyclic) bond motifs is 2. The normalized spacial score (nSPS) is 13.4. The van der Waals surface area contributed by atoms with Crippen molar-refractivity contribution in [2.75, 3.05) is 99.3 Å². The van der Waals surface area contributed by atoms with Gasteiger partial charge < -0.3 is 54.1 Å². The van der Waals surface area contributed by atoms with E-state index in [2.05, 4.69) is 76.2 Å². The van der Waals surface area contributed by atoms with Crippen LogP contribution < -0.4 is 29.9 Å². The number of aliphatic hydroxyl groups excluding tert-OH is 1. The van der Waals surface area contributed by atoms with E-state index in [0.717, 1.165) is 145 Å². The molecule has 0 bridgehead atoms. The highest BCUT2D eigenvalue weighted by Crippen LogP contribution is 2.35. The minimum absolute atomic E-state index is 0.0412. The number of nitrogens with one attached hydrogen (secondary N) is 4. The lowest BCUT2D eigenvalue weighted by molar-refractivity contribution is -0.138. The third-order valence-electron chi connectivity index (χ3n) is 18.8. The Bertz CT molecular complexity index is 5410. The second-order valence-corrected chi connectivity index (χ2v) is 31.7. The number of anilines is 4. The molecule has 0 radical (unpaired) electrons. The Morgan fingerprint density at radius 3 is 1.36 bits per heavy atom. The van der Waals surface area contributed by atoms with Crippen LogP contribution in [0.1, 0.15) is 124 Å². The van der Waals surface area contributed by atoms with Gasteiger partial charge in [-0.2, -0.15) is 39.5 Å². The number of carbonyl (C=O) groups excluding carboxylic acids is 4. The van der Waals surface area contributed by atoms with Crippen LogP contribution in [-0.2, 0) is 63.7 Å². The van der Waals surface area contributed by atoms with E-state index >= 15 is 0 Å². The van der Waals surface area contributed by atoms with Crippen LogP contribution in [0.15, 0.2) is 218 Å². The molecule has 8 aromatic heterocycles. The van der Waals surface area contributed by atoms with E-state index in [-0.39, 0.29) is 12.4 Å². The molecule has 2 aliphatic rings. The molecule has 12 aromatic rings. The summed E-state index contributed by atoms with van der Waals surface area (Å²) in [6.45, 7) is 23.6. The predicted molar refractivity (Wildman–Crippen MR) is 462 cm³/mol. The number of aldehydes is 2. The molecule has 10 heterocycles. The maximum absolute atomic E-state index is 13.2. The number of carbonyl (C=O) groups is 4. The highest BCUT2D eigenvalue weighted by Gasteiger charge is 2.34. The molecule has 5 N–H and O–H groups in total. The minimum atomic E-state index is -4.43. The smallest absolute Gasteiger partial charge is 0.416 e. The van der Waals surface area contributed by atoms with Gasteiger partial charge in [0.2, 0.25) is 0 Å². The quantitative estimate of drug-likeness (QED) is 0.0277. The highest BCUT2D eigenvalue weighted by atomic mass is 79.9. The number of benzene rings is 4. The van der Waals surface area contributed by atoms with Gasteiger partial charge in [0.1, 0.15) is 76.6 Å². The van der Waals surface area contributed by atoms with Crippen molar-refractivity contribution < 1.29 is 92.2 Å². The molecule has 14 rings (SSSR count). The van der Waals surface area contributed by atoms with Crippen molar-refractivity contribution in [1.82, 2.24) is 49.7 Å². The molecule has 4 aromatic carbocycles. The van der Waals surface area contributed by atoms with Crippen molar-refractivity contribution >= 4 is 86.0 Å². The lowest BCUT2D eigenvalue weighted by Gasteiger charge is -2.27. The molecule has 35 heteroatoms. The molecule has 0 saturated carbocycles. The number of aromatic amines is 2. The Morgan fingerprint density at radius 1 is 0.508 bits per heavy atom. The Hall–Kier alpha value is -12.4. The first-order valence-electron chi connectivity index (χ1n) is 39.9. The molecular weight excluding hydrogens is 1720 g/mol. The first-order valence-corrected chi connectivity index (χ1v) is 40.7. The number of alkyl halides is 9. The number of aryl methyl sites for hydroxylation is 1. The summed E-state index contributed by atoms with van der Waals surface area (Å²) in [5.41, 5.74) is 4.10. The van der Waals surface area contributed by atoms with Crippen molar-refractivity contribution in [2.45, 2.75) is 110 Å². The Balaban J connectivity index is 0.000000172. The molecule has 1 unspecified atom stereocenters. The fraction of sp³-hybridized carbons (Fsp3) is 0.319. The van der Waals surface area contributed by atoms with E-state index in [1.165, 1.54) is 70.7 Å². The van der Waals surface area contributed by atoms with Crippen LogP contribution in [-0.4, -0.2) is 170 Å². The molecule has 666 valence electrons. The minimum Gasteiger partial charge on any atom is -0.491 e. The SMILES string of the molecule is CC(C)(C)OC(=O)N(Cc1ccc(C(F)(F)F)cc1)c1ccc(C=O)cn1.Cc1ccc(CN(C(=O)OC(C)(C)C)c2ccc(C(O)c3c[nH]c4ncc(OCCN5CCOCC5)cc34)cn2)cc1.FC(F)(F)c1ccc(CNc2ccc(Br)cn2)cc1.O=Cc1ccc(NCc2ccc(C(F)(F)F)cc2)nc1.c1cc2cc(OCCN3CCOCC3)cnc2[nH]1. The summed E-state index contributed by atoms with van der Waals surface area (Å²) in [7, 11) is 0. The Kier molecular flexibility index (Phi) is 34.2. The number of nitrogens with zero attached hydrogens (tertiary/aromatic N) is 10.